The van der Waals surface area contributed by atoms with Gasteiger partial charge in [-0.1, -0.05) is 5.92 Å². The Labute approximate surface area is 309 Å². The maximum Gasteiger partial charge on any atom is 0.347 e. The van der Waals surface area contributed by atoms with Gasteiger partial charge in [-0.05, 0) is 140 Å². The molecule has 270 valence electrons. The topological polar surface area (TPSA) is 163 Å². The fraction of sp³-hybridized carbons (Fsp3) is 0.275. The number of terminal acetylenes is 1. The highest BCUT2D eigenvalue weighted by molar-refractivity contribution is 9.10. The monoisotopic (exact) mass is 772 g/mol. The van der Waals surface area contributed by atoms with Crippen LogP contribution in [-0.2, 0) is 14.3 Å². The number of halogens is 1. The molecule has 0 aliphatic heterocycles. The highest BCUT2D eigenvalue weighted by Crippen LogP contribution is 2.44. The Kier molecular flexibility index (Phi) is 11.2. The molecule has 52 heavy (non-hydrogen) atoms. The van der Waals surface area contributed by atoms with E-state index in [2.05, 4.69) is 21.9 Å². The van der Waals surface area contributed by atoms with Crippen LogP contribution in [-0.4, -0.2) is 47.0 Å². The molecule has 0 radical (unpaired) electrons. The van der Waals surface area contributed by atoms with Crippen LogP contribution in [0, 0.1) is 73.7 Å². The number of aromatic hydroxyl groups is 1. The number of carbonyl (C=O) groups is 5. The molecule has 11 nitrogen and oxygen atoms in total. The number of carboxylic acid groups (broad SMARTS) is 1. The van der Waals surface area contributed by atoms with Crippen molar-refractivity contribution in [2.45, 2.75) is 62.3 Å². The Bertz CT molecular complexity index is 2170. The number of carboxylic acids is 1. The van der Waals surface area contributed by atoms with Gasteiger partial charge < -0.3 is 29.2 Å². The van der Waals surface area contributed by atoms with Gasteiger partial charge in [0, 0.05) is 6.08 Å². The predicted octanol–water partition coefficient (Wildman–Crippen LogP) is 7.32. The zero-order valence-electron chi connectivity index (χ0n) is 30.3. The number of benzene rings is 3. The van der Waals surface area contributed by atoms with E-state index in [9.17, 15) is 34.2 Å². The highest BCUT2D eigenvalue weighted by atomic mass is 79.9. The zero-order chi connectivity index (χ0) is 39.1. The van der Waals surface area contributed by atoms with Gasteiger partial charge in [0.15, 0.2) is 11.5 Å². The van der Waals surface area contributed by atoms with Crippen LogP contribution in [0.15, 0.2) is 34.0 Å². The van der Waals surface area contributed by atoms with Crippen LogP contribution in [0.4, 0.5) is 0 Å². The van der Waals surface area contributed by atoms with Crippen LogP contribution in [0.25, 0.3) is 0 Å². The van der Waals surface area contributed by atoms with Crippen LogP contribution in [0.1, 0.15) is 88.1 Å². The summed E-state index contributed by atoms with van der Waals surface area (Å²) in [6, 6.07) is 1.41. The first-order chi connectivity index (χ1) is 24.3. The number of ketones is 1. The Balaban J connectivity index is 1.68. The number of phenolic OH excluding ortho intramolecular Hbond substituents is 1. The lowest BCUT2D eigenvalue weighted by atomic mass is 9.92. The second kappa shape index (κ2) is 14.9. The second-order valence-corrected chi connectivity index (χ2v) is 13.3. The second-order valence-electron chi connectivity index (χ2n) is 12.5. The molecule has 0 spiro atoms. The number of carbonyl (C=O) groups excluding carboxylic acids is 4. The average Bonchev–Trinajstić information content (AvgIpc) is 3.06. The number of phenols is 1. The minimum absolute atomic E-state index is 0.0518. The number of methoxy groups -OCH3 is 1. The summed E-state index contributed by atoms with van der Waals surface area (Å²) < 4.78 is 22.4. The Morgan fingerprint density at radius 2 is 1.29 bits per heavy atom. The summed E-state index contributed by atoms with van der Waals surface area (Å²) in [7, 11) is 1.33. The maximum absolute atomic E-state index is 13.7. The number of rotatable bonds is 8. The van der Waals surface area contributed by atoms with Gasteiger partial charge in [0.05, 0.1) is 23.8 Å². The minimum atomic E-state index is -1.08. The number of esters is 3. The third kappa shape index (κ3) is 6.84. The van der Waals surface area contributed by atoms with Crippen LogP contribution in [0.2, 0.25) is 0 Å². The lowest BCUT2D eigenvalue weighted by molar-refractivity contribution is -0.137. The smallest absolute Gasteiger partial charge is 0.347 e. The molecule has 0 fully saturated rings. The normalized spacial score (nSPS) is 13.8. The Morgan fingerprint density at radius 3 is 1.83 bits per heavy atom. The Morgan fingerprint density at radius 1 is 0.750 bits per heavy atom. The van der Waals surface area contributed by atoms with Crippen molar-refractivity contribution >= 4 is 45.6 Å². The van der Waals surface area contributed by atoms with Crippen molar-refractivity contribution < 1.29 is 53.1 Å². The van der Waals surface area contributed by atoms with Gasteiger partial charge in [-0.3, -0.25) is 9.59 Å². The number of allylic oxidation sites excluding steroid dienone is 2. The van der Waals surface area contributed by atoms with Crippen molar-refractivity contribution in [1.82, 2.24) is 0 Å². The molecular weight excluding hydrogens is 736 g/mol. The molecule has 0 bridgehead atoms. The van der Waals surface area contributed by atoms with E-state index in [1.54, 1.807) is 55.4 Å². The fourth-order valence-corrected chi connectivity index (χ4v) is 6.87. The average molecular weight is 774 g/mol. The molecule has 1 atom stereocenters. The van der Waals surface area contributed by atoms with Gasteiger partial charge in [0.2, 0.25) is 0 Å². The largest absolute Gasteiger partial charge is 0.506 e. The summed E-state index contributed by atoms with van der Waals surface area (Å²) in [6.45, 7) is 14.5. The quantitative estimate of drug-likeness (QED) is 0.134. The standard InChI is InChI=1S/C40H37BrO11/c1-12-26-24(10)29(38(46)51-35-21(7)18(4)31(37(44)45)19(5)22(35)8)17(3)14-27(26)50-40(48)32-20(6)23(9)36(33(41)34(32)43)52-39(47)30-16(2)13-25(42)15-28(30)49-11/h1,13-15,30,43H,2-11H3,(H,44,45). The van der Waals surface area contributed by atoms with Crippen LogP contribution < -0.4 is 14.2 Å². The van der Waals surface area contributed by atoms with E-state index in [4.69, 9.17) is 25.4 Å². The molecule has 0 aromatic heterocycles. The molecule has 3 aromatic rings. The van der Waals surface area contributed by atoms with Gasteiger partial charge in [-0.25, -0.2) is 14.4 Å². The minimum Gasteiger partial charge on any atom is -0.506 e. The number of aryl methyl sites for hydroxylation is 1. The van der Waals surface area contributed by atoms with Gasteiger partial charge >= 0.3 is 23.9 Å². The summed E-state index contributed by atoms with van der Waals surface area (Å²) >= 11 is 3.25. The Hall–Kier alpha value is -5.67. The van der Waals surface area contributed by atoms with E-state index in [0.29, 0.717) is 44.5 Å². The van der Waals surface area contributed by atoms with E-state index in [0.717, 1.165) is 0 Å². The van der Waals surface area contributed by atoms with Crippen molar-refractivity contribution in [2.75, 3.05) is 7.11 Å². The summed E-state index contributed by atoms with van der Waals surface area (Å²) in [6.07, 6.45) is 8.34. The number of hydrogen-bond acceptors (Lipinski definition) is 10. The summed E-state index contributed by atoms with van der Waals surface area (Å²) in [5.41, 5.74) is 3.70. The van der Waals surface area contributed by atoms with Crippen molar-refractivity contribution in [3.63, 3.8) is 0 Å². The first-order valence-electron chi connectivity index (χ1n) is 15.9. The maximum atomic E-state index is 13.7. The fourth-order valence-electron chi connectivity index (χ4n) is 6.29. The lowest BCUT2D eigenvalue weighted by Gasteiger charge is -2.23. The van der Waals surface area contributed by atoms with Gasteiger partial charge in [-0.15, -0.1) is 6.42 Å². The van der Waals surface area contributed by atoms with Crippen molar-refractivity contribution in [3.8, 4) is 35.3 Å². The lowest BCUT2D eigenvalue weighted by Crippen LogP contribution is -2.28. The van der Waals surface area contributed by atoms with Crippen molar-refractivity contribution in [3.05, 3.63) is 101 Å². The molecule has 1 aliphatic carbocycles. The summed E-state index contributed by atoms with van der Waals surface area (Å²) in [4.78, 5) is 64.4. The molecule has 2 N–H and O–H groups in total. The number of hydrogen-bond donors (Lipinski definition) is 2. The first kappa shape index (κ1) is 39.1. The first-order valence-corrected chi connectivity index (χ1v) is 16.7. The molecule has 0 saturated carbocycles. The third-order valence-corrected chi connectivity index (χ3v) is 10.2. The van der Waals surface area contributed by atoms with E-state index >= 15 is 0 Å². The van der Waals surface area contributed by atoms with Crippen molar-refractivity contribution in [2.24, 2.45) is 5.92 Å². The molecule has 1 unspecified atom stereocenters. The molecule has 4 rings (SSSR count). The van der Waals surface area contributed by atoms with E-state index in [-0.39, 0.29) is 61.1 Å². The number of ether oxygens (including phenoxy) is 4. The molecular formula is C40H37BrO11. The van der Waals surface area contributed by atoms with Crippen LogP contribution >= 0.6 is 15.9 Å². The molecule has 3 aromatic carbocycles. The van der Waals surface area contributed by atoms with Crippen molar-refractivity contribution in [1.29, 1.82) is 0 Å². The molecule has 12 heteroatoms. The predicted molar refractivity (Wildman–Crippen MR) is 194 cm³/mol. The van der Waals surface area contributed by atoms with Gasteiger partial charge in [0.25, 0.3) is 0 Å². The SMILES string of the molecule is C#Cc1c(OC(=O)c2c(C)c(C)c(OC(=O)C3C(C)=CC(=O)C=C3OC)c(Br)c2O)cc(C)c(C(=O)Oc2c(C)c(C)c(C(=O)O)c(C)c2C)c1C. The van der Waals surface area contributed by atoms with Gasteiger partial charge in [0.1, 0.15) is 39.0 Å². The summed E-state index contributed by atoms with van der Waals surface area (Å²) in [5.74, 6) is -2.78. The van der Waals surface area contributed by atoms with Crippen LogP contribution in [0.5, 0.6) is 23.0 Å². The van der Waals surface area contributed by atoms with E-state index in [1.165, 1.54) is 32.3 Å². The van der Waals surface area contributed by atoms with E-state index in [1.807, 2.05) is 0 Å². The zero-order valence-corrected chi connectivity index (χ0v) is 31.9. The van der Waals surface area contributed by atoms with E-state index < -0.39 is 35.5 Å². The van der Waals surface area contributed by atoms with Crippen LogP contribution in [0.3, 0.4) is 0 Å². The molecule has 0 saturated heterocycles. The van der Waals surface area contributed by atoms with Gasteiger partial charge in [-0.2, -0.15) is 0 Å². The molecule has 1 aliphatic rings. The number of aromatic carboxylic acids is 1. The molecule has 0 heterocycles. The summed E-state index contributed by atoms with van der Waals surface area (Å²) in [5, 5.41) is 20.9. The molecule has 0 amide bonds. The highest BCUT2D eigenvalue weighted by Gasteiger charge is 2.34. The third-order valence-electron chi connectivity index (χ3n) is 9.45.